The molecule has 0 fully saturated rings. The zero-order valence-electron chi connectivity index (χ0n) is 13.8. The molecule has 2 aromatic carbocycles. The summed E-state index contributed by atoms with van der Waals surface area (Å²) in [6.45, 7) is 0. The van der Waals surface area contributed by atoms with Gasteiger partial charge in [0.25, 0.3) is 5.91 Å². The Morgan fingerprint density at radius 2 is 1.54 bits per heavy atom. The quantitative estimate of drug-likeness (QED) is 0.736. The standard InChI is InChI=1S/C19H20N4O/c1-22(2)21-19(24)17-13-20-14-23(17)18(15-9-5-3-6-10-15)16-11-7-4-8-12-16/h3-14,18H,1-2H3,(H,21,24). The van der Waals surface area contributed by atoms with Gasteiger partial charge < -0.3 is 4.57 Å². The second-order valence-electron chi connectivity index (χ2n) is 5.75. The third-order valence-corrected chi connectivity index (χ3v) is 3.73. The van der Waals surface area contributed by atoms with E-state index in [1.54, 1.807) is 31.6 Å². The monoisotopic (exact) mass is 320 g/mol. The molecule has 0 bridgehead atoms. The topological polar surface area (TPSA) is 50.2 Å². The van der Waals surface area contributed by atoms with E-state index >= 15 is 0 Å². The number of benzene rings is 2. The van der Waals surface area contributed by atoms with Gasteiger partial charge in [-0.25, -0.2) is 9.99 Å². The van der Waals surface area contributed by atoms with Crippen LogP contribution < -0.4 is 5.43 Å². The van der Waals surface area contributed by atoms with Crippen LogP contribution in [0.15, 0.2) is 73.2 Å². The Morgan fingerprint density at radius 1 is 1.00 bits per heavy atom. The molecular formula is C19H20N4O. The van der Waals surface area contributed by atoms with Crippen molar-refractivity contribution < 1.29 is 4.79 Å². The molecule has 0 aliphatic carbocycles. The molecule has 1 amide bonds. The maximum Gasteiger partial charge on any atom is 0.283 e. The van der Waals surface area contributed by atoms with E-state index in [0.29, 0.717) is 5.69 Å². The van der Waals surface area contributed by atoms with Crippen molar-refractivity contribution in [1.82, 2.24) is 20.0 Å². The summed E-state index contributed by atoms with van der Waals surface area (Å²) in [5, 5.41) is 1.62. The predicted molar refractivity (Wildman–Crippen MR) is 93.5 cm³/mol. The fourth-order valence-corrected chi connectivity index (χ4v) is 2.73. The van der Waals surface area contributed by atoms with E-state index in [4.69, 9.17) is 0 Å². The van der Waals surface area contributed by atoms with Gasteiger partial charge in [-0.15, -0.1) is 0 Å². The van der Waals surface area contributed by atoms with Crippen LogP contribution in [0.2, 0.25) is 0 Å². The van der Waals surface area contributed by atoms with E-state index in [9.17, 15) is 4.79 Å². The second kappa shape index (κ2) is 7.10. The first-order valence-corrected chi connectivity index (χ1v) is 7.77. The van der Waals surface area contributed by atoms with Gasteiger partial charge in [0, 0.05) is 14.1 Å². The van der Waals surface area contributed by atoms with Gasteiger partial charge in [-0.1, -0.05) is 60.7 Å². The van der Waals surface area contributed by atoms with Gasteiger partial charge in [-0.05, 0) is 11.1 Å². The van der Waals surface area contributed by atoms with E-state index < -0.39 is 0 Å². The van der Waals surface area contributed by atoms with Crippen LogP contribution in [0.25, 0.3) is 0 Å². The van der Waals surface area contributed by atoms with Gasteiger partial charge in [-0.2, -0.15) is 0 Å². The number of hydrazine groups is 1. The molecule has 0 radical (unpaired) electrons. The van der Waals surface area contributed by atoms with E-state index in [2.05, 4.69) is 34.7 Å². The number of nitrogens with zero attached hydrogens (tertiary/aromatic N) is 3. The highest BCUT2D eigenvalue weighted by atomic mass is 16.2. The molecule has 24 heavy (non-hydrogen) atoms. The lowest BCUT2D eigenvalue weighted by Crippen LogP contribution is -2.37. The van der Waals surface area contributed by atoms with Crippen LogP contribution >= 0.6 is 0 Å². The van der Waals surface area contributed by atoms with Gasteiger partial charge in [0.2, 0.25) is 0 Å². The maximum absolute atomic E-state index is 12.5. The number of imidazole rings is 1. The number of hydrogen-bond acceptors (Lipinski definition) is 3. The largest absolute Gasteiger partial charge is 0.315 e. The van der Waals surface area contributed by atoms with E-state index in [0.717, 1.165) is 11.1 Å². The summed E-state index contributed by atoms with van der Waals surface area (Å²) < 4.78 is 1.91. The van der Waals surface area contributed by atoms with Gasteiger partial charge in [-0.3, -0.25) is 10.2 Å². The molecule has 0 aliphatic rings. The summed E-state index contributed by atoms with van der Waals surface area (Å²) in [5.41, 5.74) is 5.49. The minimum atomic E-state index is -0.186. The average Bonchev–Trinajstić information content (AvgIpc) is 3.06. The number of aromatic nitrogens is 2. The van der Waals surface area contributed by atoms with Crippen molar-refractivity contribution in [2.24, 2.45) is 0 Å². The molecule has 0 unspecified atom stereocenters. The Kier molecular flexibility index (Phi) is 4.72. The lowest BCUT2D eigenvalue weighted by Gasteiger charge is -2.22. The third kappa shape index (κ3) is 3.36. The van der Waals surface area contributed by atoms with Crippen LogP contribution in [0.3, 0.4) is 0 Å². The van der Waals surface area contributed by atoms with Crippen LogP contribution in [-0.4, -0.2) is 34.6 Å². The third-order valence-electron chi connectivity index (χ3n) is 3.73. The Hall–Kier alpha value is -2.92. The second-order valence-corrected chi connectivity index (χ2v) is 5.75. The van der Waals surface area contributed by atoms with Crippen molar-refractivity contribution in [1.29, 1.82) is 0 Å². The van der Waals surface area contributed by atoms with Crippen LogP contribution in [-0.2, 0) is 0 Å². The lowest BCUT2D eigenvalue weighted by atomic mass is 9.98. The van der Waals surface area contributed by atoms with Crippen molar-refractivity contribution in [2.75, 3.05) is 14.1 Å². The molecule has 1 heterocycles. The molecular weight excluding hydrogens is 300 g/mol. The van der Waals surface area contributed by atoms with Crippen LogP contribution in [0.1, 0.15) is 27.7 Å². The Bertz CT molecular complexity index is 757. The molecule has 122 valence electrons. The molecule has 0 aliphatic heterocycles. The normalized spacial score (nSPS) is 11.0. The number of rotatable bonds is 5. The molecule has 1 aromatic heterocycles. The first-order chi connectivity index (χ1) is 11.7. The fraction of sp³-hybridized carbons (Fsp3) is 0.158. The molecule has 0 saturated heterocycles. The summed E-state index contributed by atoms with van der Waals surface area (Å²) >= 11 is 0. The minimum absolute atomic E-state index is 0.113. The molecule has 1 N–H and O–H groups in total. The summed E-state index contributed by atoms with van der Waals surface area (Å²) in [5.74, 6) is -0.186. The Morgan fingerprint density at radius 3 is 2.04 bits per heavy atom. The zero-order valence-corrected chi connectivity index (χ0v) is 13.8. The SMILES string of the molecule is CN(C)NC(=O)c1cncn1C(c1ccccc1)c1ccccc1. The van der Waals surface area contributed by atoms with E-state index in [1.807, 2.05) is 41.0 Å². The Balaban J connectivity index is 2.08. The number of amides is 1. The molecule has 3 rings (SSSR count). The number of carbonyl (C=O) groups is 1. The van der Waals surface area contributed by atoms with E-state index in [1.165, 1.54) is 0 Å². The molecule has 0 spiro atoms. The summed E-state index contributed by atoms with van der Waals surface area (Å²) in [4.78, 5) is 16.7. The first-order valence-electron chi connectivity index (χ1n) is 7.77. The van der Waals surface area contributed by atoms with Crippen LogP contribution in [0.4, 0.5) is 0 Å². The van der Waals surface area contributed by atoms with Gasteiger partial charge in [0.1, 0.15) is 5.69 Å². The number of nitrogens with one attached hydrogen (secondary N) is 1. The average molecular weight is 320 g/mol. The zero-order chi connectivity index (χ0) is 16.9. The van der Waals surface area contributed by atoms with Gasteiger partial charge >= 0.3 is 0 Å². The lowest BCUT2D eigenvalue weighted by molar-refractivity contribution is 0.0846. The summed E-state index contributed by atoms with van der Waals surface area (Å²) in [6, 6.07) is 20.1. The first kappa shape index (κ1) is 16.0. The van der Waals surface area contributed by atoms with Gasteiger partial charge in [0.15, 0.2) is 0 Å². The highest BCUT2D eigenvalue weighted by Gasteiger charge is 2.22. The molecule has 0 saturated carbocycles. The molecule has 3 aromatic rings. The highest BCUT2D eigenvalue weighted by molar-refractivity contribution is 5.92. The smallest absolute Gasteiger partial charge is 0.283 e. The van der Waals surface area contributed by atoms with Crippen molar-refractivity contribution in [2.45, 2.75) is 6.04 Å². The Labute approximate surface area is 141 Å². The summed E-state index contributed by atoms with van der Waals surface area (Å²) in [6.07, 6.45) is 3.30. The molecule has 5 nitrogen and oxygen atoms in total. The van der Waals surface area contributed by atoms with Crippen molar-refractivity contribution >= 4 is 5.91 Å². The van der Waals surface area contributed by atoms with E-state index in [-0.39, 0.29) is 11.9 Å². The fourth-order valence-electron chi connectivity index (χ4n) is 2.73. The van der Waals surface area contributed by atoms with Gasteiger partial charge in [0.05, 0.1) is 18.6 Å². The number of carbonyl (C=O) groups excluding carboxylic acids is 1. The maximum atomic E-state index is 12.5. The highest BCUT2D eigenvalue weighted by Crippen LogP contribution is 2.27. The molecule has 0 atom stereocenters. The van der Waals surface area contributed by atoms with Crippen molar-refractivity contribution in [3.63, 3.8) is 0 Å². The van der Waals surface area contributed by atoms with Crippen molar-refractivity contribution in [3.05, 3.63) is 90.0 Å². The van der Waals surface area contributed by atoms with Crippen LogP contribution in [0.5, 0.6) is 0 Å². The van der Waals surface area contributed by atoms with Crippen LogP contribution in [0, 0.1) is 0 Å². The number of hydrogen-bond donors (Lipinski definition) is 1. The van der Waals surface area contributed by atoms with Crippen molar-refractivity contribution in [3.8, 4) is 0 Å². The molecule has 5 heteroatoms. The summed E-state index contributed by atoms with van der Waals surface area (Å²) in [7, 11) is 3.56. The predicted octanol–water partition coefficient (Wildman–Crippen LogP) is 2.73. The minimum Gasteiger partial charge on any atom is -0.315 e.